The first-order valence-electron chi connectivity index (χ1n) is 9.11. The number of hydrogen-bond acceptors (Lipinski definition) is 5. The van der Waals surface area contributed by atoms with E-state index in [4.69, 9.17) is 4.74 Å². The number of rotatable bonds is 8. The van der Waals surface area contributed by atoms with Crippen LogP contribution >= 0.6 is 11.8 Å². The molecule has 2 aromatic carbocycles. The van der Waals surface area contributed by atoms with Crippen molar-refractivity contribution in [2.75, 3.05) is 18.9 Å². The second-order valence-corrected chi connectivity index (χ2v) is 7.44. The summed E-state index contributed by atoms with van der Waals surface area (Å²) in [5.41, 5.74) is 1.89. The number of carbonyl (C=O) groups excluding carboxylic acids is 2. The second-order valence-electron chi connectivity index (χ2n) is 6.27. The number of nitrogens with zero attached hydrogens (tertiary/aromatic N) is 1. The molecule has 5 nitrogen and oxygen atoms in total. The predicted octanol–water partition coefficient (Wildman–Crippen LogP) is 4.00. The zero-order valence-electron chi connectivity index (χ0n) is 15.7. The zero-order chi connectivity index (χ0) is 19.8. The highest BCUT2D eigenvalue weighted by Gasteiger charge is 2.14. The predicted molar refractivity (Wildman–Crippen MR) is 112 cm³/mol. The van der Waals surface area contributed by atoms with Gasteiger partial charge in [0, 0.05) is 22.5 Å². The van der Waals surface area contributed by atoms with Gasteiger partial charge in [-0.15, -0.1) is 11.8 Å². The molecule has 0 aliphatic rings. The topological polar surface area (TPSA) is 68.3 Å². The number of pyridine rings is 1. The van der Waals surface area contributed by atoms with Crippen molar-refractivity contribution in [2.45, 2.75) is 18.2 Å². The third-order valence-electron chi connectivity index (χ3n) is 4.05. The number of fused-ring (bicyclic) bond motifs is 1. The highest BCUT2D eigenvalue weighted by atomic mass is 32.2. The van der Waals surface area contributed by atoms with E-state index in [0.717, 1.165) is 28.8 Å². The van der Waals surface area contributed by atoms with Crippen molar-refractivity contribution in [3.05, 3.63) is 71.9 Å². The Labute approximate surface area is 168 Å². The Morgan fingerprint density at radius 1 is 1.07 bits per heavy atom. The molecule has 0 bridgehead atoms. The molecule has 3 aromatic rings. The summed E-state index contributed by atoms with van der Waals surface area (Å²) in [6.07, 6.45) is 0.841. The number of thioether (sulfide) groups is 1. The van der Waals surface area contributed by atoms with Gasteiger partial charge in [-0.2, -0.15) is 0 Å². The molecule has 144 valence electrons. The van der Waals surface area contributed by atoms with E-state index >= 15 is 0 Å². The van der Waals surface area contributed by atoms with Gasteiger partial charge in [-0.3, -0.25) is 9.78 Å². The van der Waals surface area contributed by atoms with Crippen molar-refractivity contribution in [3.8, 4) is 0 Å². The van der Waals surface area contributed by atoms with Gasteiger partial charge in [0.05, 0.1) is 11.1 Å². The fourth-order valence-electron chi connectivity index (χ4n) is 2.74. The smallest absolute Gasteiger partial charge is 0.339 e. The summed E-state index contributed by atoms with van der Waals surface area (Å²) in [4.78, 5) is 30.0. The van der Waals surface area contributed by atoms with Crippen molar-refractivity contribution in [3.63, 3.8) is 0 Å². The Morgan fingerprint density at radius 2 is 1.82 bits per heavy atom. The first kappa shape index (κ1) is 19.9. The number of aromatic nitrogens is 1. The van der Waals surface area contributed by atoms with Gasteiger partial charge in [0.25, 0.3) is 5.91 Å². The quantitative estimate of drug-likeness (QED) is 0.355. The molecule has 6 heteroatoms. The molecule has 1 aromatic heterocycles. The number of aryl methyl sites for hydroxylation is 1. The molecule has 0 spiro atoms. The maximum absolute atomic E-state index is 12.4. The van der Waals surface area contributed by atoms with Crippen molar-refractivity contribution in [1.82, 2.24) is 10.3 Å². The minimum Gasteiger partial charge on any atom is -0.452 e. The summed E-state index contributed by atoms with van der Waals surface area (Å²) in [6.45, 7) is 2.08. The summed E-state index contributed by atoms with van der Waals surface area (Å²) in [7, 11) is 0. The van der Waals surface area contributed by atoms with Crippen LogP contribution in [0.4, 0.5) is 0 Å². The Morgan fingerprint density at radius 3 is 2.64 bits per heavy atom. The molecular formula is C22H22N2O3S. The van der Waals surface area contributed by atoms with E-state index in [1.807, 2.05) is 49.4 Å². The SMILES string of the molecule is Cc1cc(C(=O)OCC(=O)NCCCSc2ccccc2)c2ccccc2n1. The van der Waals surface area contributed by atoms with Crippen LogP contribution in [0.15, 0.2) is 65.6 Å². The highest BCUT2D eigenvalue weighted by molar-refractivity contribution is 7.99. The Kier molecular flexibility index (Phi) is 7.03. The minimum atomic E-state index is -0.517. The van der Waals surface area contributed by atoms with E-state index < -0.39 is 5.97 Å². The lowest BCUT2D eigenvalue weighted by atomic mass is 10.1. The molecule has 1 heterocycles. The van der Waals surface area contributed by atoms with Crippen LogP contribution in [-0.2, 0) is 9.53 Å². The molecule has 1 N–H and O–H groups in total. The molecular weight excluding hydrogens is 372 g/mol. The molecule has 0 atom stereocenters. The van der Waals surface area contributed by atoms with Gasteiger partial charge in [0.1, 0.15) is 0 Å². The first-order chi connectivity index (χ1) is 13.6. The molecule has 1 amide bonds. The molecule has 0 saturated carbocycles. The van der Waals surface area contributed by atoms with E-state index in [0.29, 0.717) is 12.1 Å². The summed E-state index contributed by atoms with van der Waals surface area (Å²) in [5.74, 6) is 0.0939. The van der Waals surface area contributed by atoms with Crippen molar-refractivity contribution >= 4 is 34.5 Å². The normalized spacial score (nSPS) is 10.6. The van der Waals surface area contributed by atoms with E-state index in [9.17, 15) is 9.59 Å². The van der Waals surface area contributed by atoms with Crippen LogP contribution in [0, 0.1) is 6.92 Å². The maximum atomic E-state index is 12.4. The summed E-state index contributed by atoms with van der Waals surface area (Å²) >= 11 is 1.75. The van der Waals surface area contributed by atoms with Gasteiger partial charge in [0.15, 0.2) is 6.61 Å². The molecule has 0 aliphatic carbocycles. The largest absolute Gasteiger partial charge is 0.452 e. The lowest BCUT2D eigenvalue weighted by Crippen LogP contribution is -2.29. The van der Waals surface area contributed by atoms with Crippen molar-refractivity contribution in [1.29, 1.82) is 0 Å². The molecule has 0 saturated heterocycles. The first-order valence-corrected chi connectivity index (χ1v) is 10.1. The van der Waals surface area contributed by atoms with E-state index in [1.54, 1.807) is 17.8 Å². The molecule has 28 heavy (non-hydrogen) atoms. The number of ether oxygens (including phenoxy) is 1. The number of para-hydroxylation sites is 1. The second kappa shape index (κ2) is 9.90. The molecule has 0 unspecified atom stereocenters. The third-order valence-corrected chi connectivity index (χ3v) is 5.15. The number of hydrogen-bond donors (Lipinski definition) is 1. The fourth-order valence-corrected chi connectivity index (χ4v) is 3.62. The van der Waals surface area contributed by atoms with E-state index in [1.165, 1.54) is 4.90 Å². The Hall–Kier alpha value is -2.86. The maximum Gasteiger partial charge on any atom is 0.339 e. The number of carbonyl (C=O) groups is 2. The van der Waals surface area contributed by atoms with Crippen LogP contribution in [0.5, 0.6) is 0 Å². The lowest BCUT2D eigenvalue weighted by Gasteiger charge is -2.09. The van der Waals surface area contributed by atoms with E-state index in [-0.39, 0.29) is 12.5 Å². The van der Waals surface area contributed by atoms with Crippen LogP contribution < -0.4 is 5.32 Å². The van der Waals surface area contributed by atoms with Crippen molar-refractivity contribution < 1.29 is 14.3 Å². The number of benzene rings is 2. The van der Waals surface area contributed by atoms with E-state index in [2.05, 4.69) is 22.4 Å². The highest BCUT2D eigenvalue weighted by Crippen LogP contribution is 2.19. The van der Waals surface area contributed by atoms with Gasteiger partial charge in [-0.25, -0.2) is 4.79 Å². The zero-order valence-corrected chi connectivity index (χ0v) is 16.5. The summed E-state index contributed by atoms with van der Waals surface area (Å²) < 4.78 is 5.20. The number of nitrogens with one attached hydrogen (secondary N) is 1. The van der Waals surface area contributed by atoms with Crippen LogP contribution in [0.3, 0.4) is 0 Å². The van der Waals surface area contributed by atoms with Crippen LogP contribution in [0.25, 0.3) is 10.9 Å². The summed E-state index contributed by atoms with van der Waals surface area (Å²) in [6, 6.07) is 19.2. The molecule has 0 radical (unpaired) electrons. The Balaban J connectivity index is 1.43. The average molecular weight is 394 g/mol. The van der Waals surface area contributed by atoms with Crippen LogP contribution in [-0.4, -0.2) is 35.8 Å². The molecule has 3 rings (SSSR count). The third kappa shape index (κ3) is 5.57. The Bertz CT molecular complexity index is 960. The summed E-state index contributed by atoms with van der Waals surface area (Å²) in [5, 5.41) is 3.50. The monoisotopic (exact) mass is 394 g/mol. The van der Waals surface area contributed by atoms with Crippen LogP contribution in [0.2, 0.25) is 0 Å². The minimum absolute atomic E-state index is 0.291. The number of amides is 1. The van der Waals surface area contributed by atoms with Gasteiger partial charge in [-0.1, -0.05) is 36.4 Å². The standard InChI is InChI=1S/C22H22N2O3S/c1-16-14-19(18-10-5-6-11-20(18)24-16)22(26)27-15-21(25)23-12-7-13-28-17-8-3-2-4-9-17/h2-6,8-11,14H,7,12-13,15H2,1H3,(H,23,25). The lowest BCUT2D eigenvalue weighted by molar-refractivity contribution is -0.124. The average Bonchev–Trinajstić information content (AvgIpc) is 2.72. The van der Waals surface area contributed by atoms with Gasteiger partial charge < -0.3 is 10.1 Å². The number of esters is 1. The van der Waals surface area contributed by atoms with Crippen LogP contribution in [0.1, 0.15) is 22.5 Å². The fraction of sp³-hybridized carbons (Fsp3) is 0.227. The molecule has 0 aliphatic heterocycles. The van der Waals surface area contributed by atoms with Gasteiger partial charge in [-0.05, 0) is 43.4 Å². The molecule has 0 fully saturated rings. The van der Waals surface area contributed by atoms with Crippen molar-refractivity contribution in [2.24, 2.45) is 0 Å². The van der Waals surface area contributed by atoms with Gasteiger partial charge >= 0.3 is 5.97 Å². The van der Waals surface area contributed by atoms with Gasteiger partial charge in [0.2, 0.25) is 0 Å².